The first-order valence-electron chi connectivity index (χ1n) is 8.11. The van der Waals surface area contributed by atoms with Crippen LogP contribution in [-0.2, 0) is 4.74 Å². The maximum Gasteiger partial charge on any atom is 0.342 e. The second kappa shape index (κ2) is 9.14. The van der Waals surface area contributed by atoms with Gasteiger partial charge in [0.2, 0.25) is 0 Å². The fraction of sp³-hybridized carbons (Fsp3) is 0.211. The number of rotatable bonds is 8. The Hall–Kier alpha value is -3.93. The van der Waals surface area contributed by atoms with Crippen LogP contribution in [0.15, 0.2) is 36.4 Å². The first-order valence-corrected chi connectivity index (χ1v) is 8.11. The number of non-ortho nitro benzene ring substituents is 1. The van der Waals surface area contributed by atoms with Crippen molar-refractivity contribution in [3.63, 3.8) is 0 Å². The van der Waals surface area contributed by atoms with Gasteiger partial charge < -0.3 is 14.2 Å². The number of Topliss-reactive ketones (excluding diaryl/α,β-unsaturated/α-hetero) is 1. The van der Waals surface area contributed by atoms with E-state index in [1.165, 1.54) is 43.5 Å². The Morgan fingerprint density at radius 2 is 1.89 bits per heavy atom. The number of nitriles is 1. The Labute approximate surface area is 160 Å². The average molecular weight is 384 g/mol. The van der Waals surface area contributed by atoms with Crippen LogP contribution < -0.4 is 9.47 Å². The third-order valence-electron chi connectivity index (χ3n) is 3.65. The van der Waals surface area contributed by atoms with E-state index in [1.807, 2.05) is 6.07 Å². The number of ketones is 1. The molecule has 0 fully saturated rings. The summed E-state index contributed by atoms with van der Waals surface area (Å²) >= 11 is 0. The number of hydrogen-bond donors (Lipinski definition) is 0. The molecule has 9 nitrogen and oxygen atoms in total. The van der Waals surface area contributed by atoms with E-state index < -0.39 is 23.3 Å². The van der Waals surface area contributed by atoms with Crippen molar-refractivity contribution in [1.82, 2.24) is 0 Å². The minimum atomic E-state index is -0.867. The molecule has 0 N–H and O–H groups in total. The zero-order valence-corrected chi connectivity index (χ0v) is 15.1. The van der Waals surface area contributed by atoms with E-state index in [0.29, 0.717) is 0 Å². The number of ether oxygens (including phenoxy) is 3. The lowest BCUT2D eigenvalue weighted by molar-refractivity contribution is -0.384. The Morgan fingerprint density at radius 1 is 1.21 bits per heavy atom. The summed E-state index contributed by atoms with van der Waals surface area (Å²) in [5.74, 6) is -1.11. The van der Waals surface area contributed by atoms with Gasteiger partial charge in [-0.15, -0.1) is 0 Å². The van der Waals surface area contributed by atoms with Crippen molar-refractivity contribution < 1.29 is 28.7 Å². The van der Waals surface area contributed by atoms with Gasteiger partial charge in [0.15, 0.2) is 23.9 Å². The summed E-state index contributed by atoms with van der Waals surface area (Å²) in [6, 6.07) is 9.53. The summed E-state index contributed by atoms with van der Waals surface area (Å²) in [5, 5.41) is 19.8. The van der Waals surface area contributed by atoms with Gasteiger partial charge in [0.05, 0.1) is 30.3 Å². The zero-order chi connectivity index (χ0) is 20.7. The molecule has 9 heteroatoms. The van der Waals surface area contributed by atoms with E-state index in [1.54, 1.807) is 6.92 Å². The number of nitro benzene ring substituents is 1. The summed E-state index contributed by atoms with van der Waals surface area (Å²) in [7, 11) is 1.37. The minimum Gasteiger partial charge on any atom is -0.493 e. The van der Waals surface area contributed by atoms with Crippen LogP contribution in [0, 0.1) is 21.4 Å². The monoisotopic (exact) mass is 384 g/mol. The summed E-state index contributed by atoms with van der Waals surface area (Å²) in [6.07, 6.45) is 0. The minimum absolute atomic E-state index is 0.0470. The second-order valence-electron chi connectivity index (χ2n) is 5.40. The van der Waals surface area contributed by atoms with Gasteiger partial charge in [-0.05, 0) is 25.1 Å². The summed E-state index contributed by atoms with van der Waals surface area (Å²) < 4.78 is 15.6. The van der Waals surface area contributed by atoms with Gasteiger partial charge in [0.25, 0.3) is 5.69 Å². The molecule has 0 amide bonds. The van der Waals surface area contributed by atoms with Crippen LogP contribution >= 0.6 is 0 Å². The predicted molar refractivity (Wildman–Crippen MR) is 96.6 cm³/mol. The highest BCUT2D eigenvalue weighted by Crippen LogP contribution is 2.33. The van der Waals surface area contributed by atoms with Crippen molar-refractivity contribution in [2.24, 2.45) is 0 Å². The molecule has 0 atom stereocenters. The lowest BCUT2D eigenvalue weighted by atomic mass is 10.1. The molecule has 0 heterocycles. The molecule has 0 aromatic heterocycles. The largest absolute Gasteiger partial charge is 0.493 e. The molecule has 0 spiro atoms. The van der Waals surface area contributed by atoms with E-state index in [0.717, 1.165) is 0 Å². The highest BCUT2D eigenvalue weighted by molar-refractivity contribution is 6.00. The van der Waals surface area contributed by atoms with Crippen molar-refractivity contribution in [2.75, 3.05) is 20.3 Å². The van der Waals surface area contributed by atoms with Crippen molar-refractivity contribution in [3.8, 4) is 17.6 Å². The summed E-state index contributed by atoms with van der Waals surface area (Å²) in [6.45, 7) is 1.37. The fourth-order valence-electron chi connectivity index (χ4n) is 2.32. The normalized spacial score (nSPS) is 9.89. The topological polar surface area (TPSA) is 129 Å². The van der Waals surface area contributed by atoms with Gasteiger partial charge in [0.1, 0.15) is 5.56 Å². The van der Waals surface area contributed by atoms with Gasteiger partial charge >= 0.3 is 5.97 Å². The Kier molecular flexibility index (Phi) is 6.65. The molecular formula is C19H16N2O7. The molecule has 0 aliphatic carbocycles. The summed E-state index contributed by atoms with van der Waals surface area (Å²) in [5.41, 5.74) is 0.116. The van der Waals surface area contributed by atoms with Crippen LogP contribution in [0.5, 0.6) is 11.5 Å². The molecule has 0 saturated carbocycles. The number of esters is 1. The lowest BCUT2D eigenvalue weighted by Crippen LogP contribution is -2.16. The lowest BCUT2D eigenvalue weighted by Gasteiger charge is -2.14. The number of carbonyl (C=O) groups excluding carboxylic acids is 2. The van der Waals surface area contributed by atoms with Crippen LogP contribution in [0.25, 0.3) is 0 Å². The average Bonchev–Trinajstić information content (AvgIpc) is 2.71. The van der Waals surface area contributed by atoms with E-state index in [2.05, 4.69) is 0 Å². The predicted octanol–water partition coefficient (Wildman–Crippen LogP) is 2.91. The van der Waals surface area contributed by atoms with Crippen molar-refractivity contribution in [3.05, 3.63) is 63.2 Å². The molecule has 28 heavy (non-hydrogen) atoms. The third kappa shape index (κ3) is 4.62. The number of carbonyl (C=O) groups is 2. The molecule has 0 unspecified atom stereocenters. The van der Waals surface area contributed by atoms with Gasteiger partial charge in [-0.1, -0.05) is 0 Å². The maximum atomic E-state index is 12.4. The van der Waals surface area contributed by atoms with Crippen molar-refractivity contribution in [1.29, 1.82) is 5.26 Å². The maximum absolute atomic E-state index is 12.4. The summed E-state index contributed by atoms with van der Waals surface area (Å²) in [4.78, 5) is 34.7. The Morgan fingerprint density at radius 3 is 2.43 bits per heavy atom. The zero-order valence-electron chi connectivity index (χ0n) is 15.1. The molecule has 2 aromatic rings. The molecule has 0 aliphatic heterocycles. The van der Waals surface area contributed by atoms with Crippen LogP contribution in [0.2, 0.25) is 0 Å². The third-order valence-corrected chi connectivity index (χ3v) is 3.65. The molecule has 0 aliphatic rings. The Balaban J connectivity index is 2.19. The molecular weight excluding hydrogens is 368 g/mol. The Bertz CT molecular complexity index is 946. The molecule has 0 radical (unpaired) electrons. The number of nitrogens with zero attached hydrogens (tertiary/aromatic N) is 2. The highest BCUT2D eigenvalue weighted by Gasteiger charge is 2.21. The van der Waals surface area contributed by atoms with Crippen LogP contribution in [0.3, 0.4) is 0 Å². The molecule has 0 saturated heterocycles. The van der Waals surface area contributed by atoms with Crippen LogP contribution in [0.1, 0.15) is 33.2 Å². The first kappa shape index (κ1) is 20.4. The second-order valence-corrected chi connectivity index (χ2v) is 5.40. The SMILES string of the molecule is CCOc1c(OC)cc(C#N)cc1C(=O)OCC(=O)c1ccc([N+](=O)[O-])cc1. The number of hydrogen-bond acceptors (Lipinski definition) is 8. The van der Waals surface area contributed by atoms with Gasteiger partial charge in [-0.2, -0.15) is 5.26 Å². The smallest absolute Gasteiger partial charge is 0.342 e. The number of nitro groups is 1. The first-order chi connectivity index (χ1) is 13.4. The highest BCUT2D eigenvalue weighted by atomic mass is 16.6. The quantitative estimate of drug-likeness (QED) is 0.294. The van der Waals surface area contributed by atoms with E-state index in [4.69, 9.17) is 19.5 Å². The molecule has 2 aromatic carbocycles. The molecule has 2 rings (SSSR count). The van der Waals surface area contributed by atoms with E-state index >= 15 is 0 Å². The molecule has 144 valence electrons. The molecule has 0 bridgehead atoms. The van der Waals surface area contributed by atoms with E-state index in [9.17, 15) is 19.7 Å². The number of benzene rings is 2. The van der Waals surface area contributed by atoms with Crippen molar-refractivity contribution >= 4 is 17.4 Å². The van der Waals surface area contributed by atoms with Gasteiger partial charge in [-0.25, -0.2) is 4.79 Å². The standard InChI is InChI=1S/C19H16N2O7/c1-3-27-18-15(8-12(10-20)9-17(18)26-2)19(23)28-11-16(22)13-4-6-14(7-5-13)21(24)25/h4-9H,3,11H2,1-2H3. The van der Waals surface area contributed by atoms with Crippen LogP contribution in [0.4, 0.5) is 5.69 Å². The van der Waals surface area contributed by atoms with Gasteiger partial charge in [0, 0.05) is 23.8 Å². The van der Waals surface area contributed by atoms with E-state index in [-0.39, 0.29) is 40.5 Å². The van der Waals surface area contributed by atoms with Crippen molar-refractivity contribution in [2.45, 2.75) is 6.92 Å². The van der Waals surface area contributed by atoms with Gasteiger partial charge in [-0.3, -0.25) is 14.9 Å². The number of methoxy groups -OCH3 is 1. The fourth-order valence-corrected chi connectivity index (χ4v) is 2.32. The van der Waals surface area contributed by atoms with Crippen LogP contribution in [-0.4, -0.2) is 37.0 Å².